The Bertz CT molecular complexity index is 1560. The maximum absolute atomic E-state index is 15.8. The quantitative estimate of drug-likeness (QED) is 0.112. The van der Waals surface area contributed by atoms with Crippen molar-refractivity contribution in [2.45, 2.75) is 50.5 Å². The van der Waals surface area contributed by atoms with E-state index in [-0.39, 0.29) is 17.3 Å². The molecule has 1 atom stereocenters. The first kappa shape index (κ1) is 34.4. The Morgan fingerprint density at radius 2 is 1.93 bits per heavy atom. The van der Waals surface area contributed by atoms with E-state index in [1.165, 1.54) is 12.3 Å². The van der Waals surface area contributed by atoms with Gasteiger partial charge in [0.05, 0.1) is 28.6 Å². The van der Waals surface area contributed by atoms with Crippen molar-refractivity contribution >= 4 is 61.5 Å². The van der Waals surface area contributed by atoms with Crippen molar-refractivity contribution < 1.29 is 26.8 Å². The monoisotopic (exact) mass is 761 g/mol. The predicted molar refractivity (Wildman–Crippen MR) is 174 cm³/mol. The van der Waals surface area contributed by atoms with Crippen LogP contribution in [0.25, 0.3) is 0 Å². The maximum atomic E-state index is 15.8. The lowest BCUT2D eigenvalue weighted by molar-refractivity contribution is 0.0270. The van der Waals surface area contributed by atoms with Crippen LogP contribution in [0.15, 0.2) is 53.7 Å². The average Bonchev–Trinajstić information content (AvgIpc) is 3.83. The Kier molecular flexibility index (Phi) is 12.3. The van der Waals surface area contributed by atoms with Crippen molar-refractivity contribution in [2.75, 3.05) is 31.6 Å². The number of nitrogens with zero attached hydrogens (tertiary/aromatic N) is 2. The predicted octanol–water partition coefficient (Wildman–Crippen LogP) is 6.57. The van der Waals surface area contributed by atoms with Gasteiger partial charge < -0.3 is 10.2 Å². The number of anilines is 2. The molecule has 9 nitrogen and oxygen atoms in total. The van der Waals surface area contributed by atoms with Crippen molar-refractivity contribution in [1.29, 1.82) is 0 Å². The molecule has 1 amide bonds. The molecular weight excluding hydrogens is 727 g/mol. The van der Waals surface area contributed by atoms with Crippen molar-refractivity contribution in [3.05, 3.63) is 80.1 Å². The molecule has 1 aromatic heterocycles. The van der Waals surface area contributed by atoms with E-state index >= 15 is 8.78 Å². The van der Waals surface area contributed by atoms with E-state index in [1.807, 2.05) is 36.4 Å². The SMILES string of the molecule is CCN(CC)CCCC(NS(=O)(=O)c1cc(C(=O)NOCC2CC2)c(Nc2ccc(I)cc2Cl)c(F)c1F)c1cccnc1. The summed E-state index contributed by atoms with van der Waals surface area (Å²) in [7, 11) is -4.69. The fourth-order valence-corrected chi connectivity index (χ4v) is 6.83. The zero-order chi connectivity index (χ0) is 31.9. The summed E-state index contributed by atoms with van der Waals surface area (Å²) in [5.41, 5.74) is 1.93. The molecule has 1 heterocycles. The van der Waals surface area contributed by atoms with Crippen molar-refractivity contribution in [3.8, 4) is 0 Å². The number of hydrogen-bond acceptors (Lipinski definition) is 7. The Balaban J connectivity index is 1.69. The fraction of sp³-hybridized carbons (Fsp3) is 0.400. The van der Waals surface area contributed by atoms with Gasteiger partial charge in [-0.05, 0) is 110 Å². The highest BCUT2D eigenvalue weighted by Gasteiger charge is 2.32. The molecule has 0 radical (unpaired) electrons. The van der Waals surface area contributed by atoms with E-state index in [1.54, 1.807) is 30.5 Å². The van der Waals surface area contributed by atoms with Gasteiger partial charge in [-0.15, -0.1) is 0 Å². The molecule has 1 saturated carbocycles. The second kappa shape index (κ2) is 15.7. The first-order valence-corrected chi connectivity index (χ1v) is 17.3. The van der Waals surface area contributed by atoms with Crippen molar-refractivity contribution in [2.24, 2.45) is 5.92 Å². The molecule has 0 aliphatic heterocycles. The summed E-state index contributed by atoms with van der Waals surface area (Å²) in [5.74, 6) is -3.86. The minimum absolute atomic E-state index is 0.190. The van der Waals surface area contributed by atoms with Gasteiger partial charge in [0.25, 0.3) is 5.91 Å². The van der Waals surface area contributed by atoms with Crippen LogP contribution >= 0.6 is 34.2 Å². The number of hydroxylamine groups is 1. The van der Waals surface area contributed by atoms with Crippen LogP contribution < -0.4 is 15.5 Å². The molecule has 1 fully saturated rings. The molecule has 4 rings (SSSR count). The number of pyridine rings is 1. The third kappa shape index (κ3) is 9.07. The van der Waals surface area contributed by atoms with Gasteiger partial charge in [0.2, 0.25) is 10.0 Å². The molecule has 0 spiro atoms. The van der Waals surface area contributed by atoms with Gasteiger partial charge in [-0.25, -0.2) is 27.4 Å². The molecule has 2 aromatic carbocycles. The number of carbonyl (C=O) groups is 1. The second-order valence-electron chi connectivity index (χ2n) is 10.5. The van der Waals surface area contributed by atoms with Crippen LogP contribution in [-0.2, 0) is 14.9 Å². The first-order valence-electron chi connectivity index (χ1n) is 14.3. The highest BCUT2D eigenvalue weighted by molar-refractivity contribution is 14.1. The van der Waals surface area contributed by atoms with Gasteiger partial charge >= 0.3 is 0 Å². The van der Waals surface area contributed by atoms with E-state index in [0.29, 0.717) is 24.3 Å². The topological polar surface area (TPSA) is 113 Å². The molecule has 238 valence electrons. The van der Waals surface area contributed by atoms with Crippen LogP contribution in [0.3, 0.4) is 0 Å². The molecule has 0 bridgehead atoms. The van der Waals surface area contributed by atoms with Crippen LogP contribution in [0.4, 0.5) is 20.2 Å². The summed E-state index contributed by atoms with van der Waals surface area (Å²) < 4.78 is 62.2. The number of hydrogen-bond donors (Lipinski definition) is 3. The van der Waals surface area contributed by atoms with Gasteiger partial charge in [-0.1, -0.05) is 31.5 Å². The third-order valence-electron chi connectivity index (χ3n) is 7.32. The zero-order valence-electron chi connectivity index (χ0n) is 24.4. The molecule has 1 unspecified atom stereocenters. The van der Waals surface area contributed by atoms with Gasteiger partial charge in [-0.2, -0.15) is 0 Å². The van der Waals surface area contributed by atoms with Gasteiger partial charge in [0.15, 0.2) is 11.6 Å². The van der Waals surface area contributed by atoms with Crippen molar-refractivity contribution in [3.63, 3.8) is 0 Å². The van der Waals surface area contributed by atoms with Gasteiger partial charge in [0, 0.05) is 22.0 Å². The van der Waals surface area contributed by atoms with Crippen LogP contribution in [-0.4, -0.2) is 50.5 Å². The summed E-state index contributed by atoms with van der Waals surface area (Å²) >= 11 is 8.35. The minimum Gasteiger partial charge on any atom is -0.351 e. The van der Waals surface area contributed by atoms with Crippen LogP contribution in [0.5, 0.6) is 0 Å². The van der Waals surface area contributed by atoms with E-state index < -0.39 is 49.8 Å². The fourth-order valence-electron chi connectivity index (χ4n) is 4.58. The third-order valence-corrected chi connectivity index (χ3v) is 9.78. The number of halogens is 4. The number of sulfonamides is 1. The Morgan fingerprint density at radius 3 is 2.57 bits per heavy atom. The first-order chi connectivity index (χ1) is 21.0. The Morgan fingerprint density at radius 1 is 1.18 bits per heavy atom. The molecule has 0 saturated heterocycles. The standard InChI is InChI=1S/C30H35ClF2IN5O4S/c1-3-39(4-2)14-6-8-24(20-7-5-13-35-17-20)38-44(41,42)26-16-22(30(40)37-43-18-19-9-10-19)29(28(33)27(26)32)36-25-12-11-21(34)15-23(25)31/h5,7,11-13,15-17,19,24,36,38H,3-4,6,8-10,14,18H2,1-2H3,(H,37,40). The summed E-state index contributed by atoms with van der Waals surface area (Å²) in [6.45, 7) is 6.73. The normalized spacial score (nSPS) is 14.1. The van der Waals surface area contributed by atoms with Crippen LogP contribution in [0.2, 0.25) is 5.02 Å². The van der Waals surface area contributed by atoms with Gasteiger partial charge in [0.1, 0.15) is 4.90 Å². The number of aromatic nitrogens is 1. The Labute approximate surface area is 275 Å². The lowest BCUT2D eigenvalue weighted by atomic mass is 10.0. The van der Waals surface area contributed by atoms with Gasteiger partial charge in [-0.3, -0.25) is 14.6 Å². The molecule has 3 aromatic rings. The molecule has 14 heteroatoms. The number of amides is 1. The molecule has 3 N–H and O–H groups in total. The summed E-state index contributed by atoms with van der Waals surface area (Å²) in [5, 5.41) is 2.86. The second-order valence-corrected chi connectivity index (χ2v) is 13.8. The van der Waals surface area contributed by atoms with E-state index in [0.717, 1.165) is 42.1 Å². The summed E-state index contributed by atoms with van der Waals surface area (Å²) in [4.78, 5) is 23.8. The molecular formula is C30H35ClF2IN5O4S. The number of nitrogens with one attached hydrogen (secondary N) is 3. The zero-order valence-corrected chi connectivity index (χ0v) is 28.1. The molecule has 44 heavy (non-hydrogen) atoms. The lowest BCUT2D eigenvalue weighted by Gasteiger charge is -2.23. The van der Waals surface area contributed by atoms with E-state index in [4.69, 9.17) is 16.4 Å². The lowest BCUT2D eigenvalue weighted by Crippen LogP contribution is -2.32. The highest BCUT2D eigenvalue weighted by Crippen LogP contribution is 2.35. The summed E-state index contributed by atoms with van der Waals surface area (Å²) in [6, 6.07) is 8.21. The molecule has 1 aliphatic rings. The largest absolute Gasteiger partial charge is 0.351 e. The van der Waals surface area contributed by atoms with Crippen LogP contribution in [0.1, 0.15) is 61.5 Å². The number of carbonyl (C=O) groups excluding carboxylic acids is 1. The highest BCUT2D eigenvalue weighted by atomic mass is 127. The smallest absolute Gasteiger partial charge is 0.277 e. The van der Waals surface area contributed by atoms with E-state index in [2.05, 4.69) is 25.4 Å². The van der Waals surface area contributed by atoms with Crippen LogP contribution in [0, 0.1) is 21.1 Å². The number of benzene rings is 2. The molecule has 1 aliphatic carbocycles. The summed E-state index contributed by atoms with van der Waals surface area (Å²) in [6.07, 6.45) is 6.00. The Hall–Kier alpha value is -2.43. The van der Waals surface area contributed by atoms with Crippen molar-refractivity contribution in [1.82, 2.24) is 20.1 Å². The number of rotatable bonds is 16. The maximum Gasteiger partial charge on any atom is 0.277 e. The average molecular weight is 762 g/mol. The van der Waals surface area contributed by atoms with E-state index in [9.17, 15) is 13.2 Å². The minimum atomic E-state index is -4.69.